The number of ether oxygens (including phenoxy) is 1. The molecule has 0 radical (unpaired) electrons. The number of esters is 1. The first kappa shape index (κ1) is 15.0. The van der Waals surface area contributed by atoms with E-state index in [9.17, 15) is 18.8 Å². The standard InChI is InChI=1S/C14H15FN2O4/c1-21-13(19)5-8-2-3-10(6-11(8)15)17-7-9(14(16)20)4-12(17)18/h2-3,6,9H,4-5,7H2,1H3,(H2,16,20). The Morgan fingerprint density at radius 1 is 1.48 bits per heavy atom. The van der Waals surface area contributed by atoms with E-state index in [-0.39, 0.29) is 30.9 Å². The van der Waals surface area contributed by atoms with Crippen molar-refractivity contribution in [1.29, 1.82) is 0 Å². The third-order valence-electron chi connectivity index (χ3n) is 3.44. The number of benzene rings is 1. The van der Waals surface area contributed by atoms with Crippen LogP contribution in [0.2, 0.25) is 0 Å². The van der Waals surface area contributed by atoms with Gasteiger partial charge in [0, 0.05) is 18.7 Å². The molecule has 0 aromatic heterocycles. The Morgan fingerprint density at radius 3 is 2.71 bits per heavy atom. The highest BCUT2D eigenvalue weighted by atomic mass is 19.1. The number of primary amides is 1. The summed E-state index contributed by atoms with van der Waals surface area (Å²) in [5, 5.41) is 0. The molecule has 1 aromatic carbocycles. The van der Waals surface area contributed by atoms with Crippen LogP contribution in [0.4, 0.5) is 10.1 Å². The summed E-state index contributed by atoms with van der Waals surface area (Å²) in [4.78, 5) is 35.4. The molecular formula is C14H15FN2O4. The van der Waals surface area contributed by atoms with Gasteiger partial charge in [-0.15, -0.1) is 0 Å². The lowest BCUT2D eigenvalue weighted by Crippen LogP contribution is -2.28. The fourth-order valence-corrected chi connectivity index (χ4v) is 2.22. The number of anilines is 1. The topological polar surface area (TPSA) is 89.7 Å². The maximum absolute atomic E-state index is 13.9. The zero-order chi connectivity index (χ0) is 15.6. The summed E-state index contributed by atoms with van der Waals surface area (Å²) in [6.45, 7) is 0.143. The largest absolute Gasteiger partial charge is 0.469 e. The predicted octanol–water partition coefficient (Wildman–Crippen LogP) is 0.379. The Balaban J connectivity index is 2.19. The average Bonchev–Trinajstić information content (AvgIpc) is 2.83. The van der Waals surface area contributed by atoms with Gasteiger partial charge in [0.1, 0.15) is 5.82 Å². The van der Waals surface area contributed by atoms with Crippen LogP contribution in [-0.2, 0) is 25.5 Å². The van der Waals surface area contributed by atoms with E-state index in [1.165, 1.54) is 30.2 Å². The molecule has 0 spiro atoms. The van der Waals surface area contributed by atoms with Gasteiger partial charge in [-0.25, -0.2) is 4.39 Å². The van der Waals surface area contributed by atoms with Crippen LogP contribution in [-0.4, -0.2) is 31.4 Å². The number of hydrogen-bond donors (Lipinski definition) is 1. The van der Waals surface area contributed by atoms with Crippen molar-refractivity contribution in [2.45, 2.75) is 12.8 Å². The molecule has 1 fully saturated rings. The molecule has 0 saturated carbocycles. The number of nitrogens with zero attached hydrogens (tertiary/aromatic N) is 1. The van der Waals surface area contributed by atoms with Crippen LogP contribution in [0.3, 0.4) is 0 Å². The molecule has 0 aliphatic carbocycles. The average molecular weight is 294 g/mol. The second-order valence-electron chi connectivity index (χ2n) is 4.84. The number of carbonyl (C=O) groups excluding carboxylic acids is 3. The number of amides is 2. The van der Waals surface area contributed by atoms with Crippen molar-refractivity contribution in [2.75, 3.05) is 18.6 Å². The van der Waals surface area contributed by atoms with Crippen molar-refractivity contribution in [3.05, 3.63) is 29.6 Å². The van der Waals surface area contributed by atoms with Gasteiger partial charge in [0.15, 0.2) is 0 Å². The summed E-state index contributed by atoms with van der Waals surface area (Å²) in [6.07, 6.45) is -0.151. The van der Waals surface area contributed by atoms with E-state index in [0.29, 0.717) is 5.69 Å². The van der Waals surface area contributed by atoms with Crippen LogP contribution >= 0.6 is 0 Å². The minimum Gasteiger partial charge on any atom is -0.469 e. The number of hydrogen-bond acceptors (Lipinski definition) is 4. The number of nitrogens with two attached hydrogens (primary N) is 1. The Labute approximate surface area is 120 Å². The number of rotatable bonds is 4. The molecule has 1 saturated heterocycles. The molecule has 1 aliphatic heterocycles. The second-order valence-corrected chi connectivity index (χ2v) is 4.84. The van der Waals surface area contributed by atoms with Crippen molar-refractivity contribution in [3.63, 3.8) is 0 Å². The van der Waals surface area contributed by atoms with E-state index in [4.69, 9.17) is 5.73 Å². The molecule has 1 heterocycles. The Morgan fingerprint density at radius 2 is 2.19 bits per heavy atom. The van der Waals surface area contributed by atoms with Crippen LogP contribution in [0, 0.1) is 11.7 Å². The fraction of sp³-hybridized carbons (Fsp3) is 0.357. The van der Waals surface area contributed by atoms with E-state index < -0.39 is 23.6 Å². The number of methoxy groups -OCH3 is 1. The van der Waals surface area contributed by atoms with Crippen LogP contribution in [0.15, 0.2) is 18.2 Å². The van der Waals surface area contributed by atoms with E-state index in [0.717, 1.165) is 0 Å². The first-order valence-electron chi connectivity index (χ1n) is 6.37. The minimum absolute atomic E-state index is 0.0286. The van der Waals surface area contributed by atoms with Crippen molar-refractivity contribution in [3.8, 4) is 0 Å². The monoisotopic (exact) mass is 294 g/mol. The lowest BCUT2D eigenvalue weighted by atomic mass is 10.1. The van der Waals surface area contributed by atoms with Crippen LogP contribution in [0.1, 0.15) is 12.0 Å². The maximum Gasteiger partial charge on any atom is 0.310 e. The molecule has 1 aliphatic rings. The normalized spacial score (nSPS) is 17.9. The first-order chi connectivity index (χ1) is 9.92. The SMILES string of the molecule is COC(=O)Cc1ccc(N2CC(C(N)=O)CC2=O)cc1F. The summed E-state index contributed by atoms with van der Waals surface area (Å²) >= 11 is 0. The van der Waals surface area contributed by atoms with Crippen LogP contribution in [0.25, 0.3) is 0 Å². The van der Waals surface area contributed by atoms with E-state index in [2.05, 4.69) is 4.74 Å². The summed E-state index contributed by atoms with van der Waals surface area (Å²) < 4.78 is 18.4. The van der Waals surface area contributed by atoms with Gasteiger partial charge in [-0.2, -0.15) is 0 Å². The summed E-state index contributed by atoms with van der Waals surface area (Å²) in [5.41, 5.74) is 5.71. The minimum atomic E-state index is -0.603. The van der Waals surface area contributed by atoms with Crippen molar-refractivity contribution >= 4 is 23.5 Å². The summed E-state index contributed by atoms with van der Waals surface area (Å²) in [5.74, 6) is -2.54. The van der Waals surface area contributed by atoms with Crippen molar-refractivity contribution < 1.29 is 23.5 Å². The molecule has 2 N–H and O–H groups in total. The van der Waals surface area contributed by atoms with Gasteiger partial charge in [-0.1, -0.05) is 6.07 Å². The lowest BCUT2D eigenvalue weighted by Gasteiger charge is -2.17. The van der Waals surface area contributed by atoms with E-state index >= 15 is 0 Å². The van der Waals surface area contributed by atoms with Crippen molar-refractivity contribution in [1.82, 2.24) is 0 Å². The van der Waals surface area contributed by atoms with Gasteiger partial charge in [0.25, 0.3) is 0 Å². The summed E-state index contributed by atoms with van der Waals surface area (Å²) in [7, 11) is 1.22. The van der Waals surface area contributed by atoms with Crippen LogP contribution < -0.4 is 10.6 Å². The zero-order valence-corrected chi connectivity index (χ0v) is 11.5. The summed E-state index contributed by atoms with van der Waals surface area (Å²) in [6, 6.07) is 4.12. The Hall–Kier alpha value is -2.44. The molecule has 1 atom stereocenters. The predicted molar refractivity (Wildman–Crippen MR) is 71.8 cm³/mol. The number of carbonyl (C=O) groups is 3. The van der Waals surface area contributed by atoms with Gasteiger partial charge in [-0.3, -0.25) is 14.4 Å². The van der Waals surface area contributed by atoms with E-state index in [1.807, 2.05) is 0 Å². The van der Waals surface area contributed by atoms with Gasteiger partial charge in [0.2, 0.25) is 11.8 Å². The highest BCUT2D eigenvalue weighted by Crippen LogP contribution is 2.26. The number of halogens is 1. The highest BCUT2D eigenvalue weighted by molar-refractivity contribution is 6.00. The molecule has 1 aromatic rings. The van der Waals surface area contributed by atoms with Gasteiger partial charge in [0.05, 0.1) is 19.4 Å². The first-order valence-corrected chi connectivity index (χ1v) is 6.37. The molecule has 1 unspecified atom stereocenters. The molecule has 7 heteroatoms. The quantitative estimate of drug-likeness (QED) is 0.813. The highest BCUT2D eigenvalue weighted by Gasteiger charge is 2.34. The third kappa shape index (κ3) is 3.18. The lowest BCUT2D eigenvalue weighted by molar-refractivity contribution is -0.139. The third-order valence-corrected chi connectivity index (χ3v) is 3.44. The maximum atomic E-state index is 13.9. The van der Waals surface area contributed by atoms with E-state index in [1.54, 1.807) is 0 Å². The zero-order valence-electron chi connectivity index (χ0n) is 11.5. The Bertz CT molecular complexity index is 603. The van der Waals surface area contributed by atoms with Crippen LogP contribution in [0.5, 0.6) is 0 Å². The molecule has 112 valence electrons. The molecular weight excluding hydrogens is 279 g/mol. The van der Waals surface area contributed by atoms with Gasteiger partial charge < -0.3 is 15.4 Å². The fourth-order valence-electron chi connectivity index (χ4n) is 2.22. The molecule has 6 nitrogen and oxygen atoms in total. The van der Waals surface area contributed by atoms with Gasteiger partial charge in [-0.05, 0) is 17.7 Å². The molecule has 21 heavy (non-hydrogen) atoms. The van der Waals surface area contributed by atoms with Gasteiger partial charge >= 0.3 is 5.97 Å². The molecule has 0 bridgehead atoms. The smallest absolute Gasteiger partial charge is 0.310 e. The Kier molecular flexibility index (Phi) is 4.21. The second kappa shape index (κ2) is 5.90. The van der Waals surface area contributed by atoms with Crippen molar-refractivity contribution in [2.24, 2.45) is 11.7 Å². The molecule has 2 amide bonds. The molecule has 2 rings (SSSR count).